The number of nitro groups is 1. The van der Waals surface area contributed by atoms with Crippen LogP contribution >= 0.6 is 24.2 Å². The van der Waals surface area contributed by atoms with Gasteiger partial charge in [0.05, 0.1) is 15.7 Å². The van der Waals surface area contributed by atoms with Crippen molar-refractivity contribution in [2.75, 3.05) is 39.0 Å². The molecule has 1 aromatic rings. The molecule has 1 amide bonds. The minimum atomic E-state index is -0.489. The van der Waals surface area contributed by atoms with E-state index in [1.807, 2.05) is 11.9 Å². The molecule has 0 radical (unpaired) electrons. The van der Waals surface area contributed by atoms with Crippen LogP contribution in [0, 0.1) is 10.1 Å². The quantitative estimate of drug-likeness (QED) is 0.469. The van der Waals surface area contributed by atoms with E-state index in [1.165, 1.54) is 24.0 Å². The Morgan fingerprint density at radius 1 is 1.38 bits per heavy atom. The van der Waals surface area contributed by atoms with Crippen molar-refractivity contribution in [3.63, 3.8) is 0 Å². The van der Waals surface area contributed by atoms with Crippen LogP contribution in [0.1, 0.15) is 0 Å². The van der Waals surface area contributed by atoms with Gasteiger partial charge < -0.3 is 9.80 Å². The van der Waals surface area contributed by atoms with E-state index in [4.69, 9.17) is 0 Å². The molecular formula is C12H17ClN4O3S. The largest absolute Gasteiger partial charge is 0.339 e. The van der Waals surface area contributed by atoms with Crippen molar-refractivity contribution in [2.24, 2.45) is 0 Å². The monoisotopic (exact) mass is 332 g/mol. The summed E-state index contributed by atoms with van der Waals surface area (Å²) in [6.07, 6.45) is 1.21. The highest BCUT2D eigenvalue weighted by atomic mass is 35.5. The topological polar surface area (TPSA) is 79.6 Å². The number of amides is 1. The second kappa shape index (κ2) is 8.16. The molecular weight excluding hydrogens is 316 g/mol. The highest BCUT2D eigenvalue weighted by Gasteiger charge is 2.19. The standard InChI is InChI=1S/C12H16N4O3S.ClH/c1-14-4-6-15(7-5-14)12(17)9-20-11-3-2-10(8-13-11)16(18)19;/h2-3,8H,4-7,9H2,1H3;1H. The van der Waals surface area contributed by atoms with Gasteiger partial charge in [-0.25, -0.2) is 4.98 Å². The second-order valence-electron chi connectivity index (χ2n) is 4.58. The van der Waals surface area contributed by atoms with Crippen molar-refractivity contribution in [1.82, 2.24) is 14.8 Å². The van der Waals surface area contributed by atoms with E-state index in [0.717, 1.165) is 26.2 Å². The smallest absolute Gasteiger partial charge is 0.287 e. The molecule has 0 saturated carbocycles. The summed E-state index contributed by atoms with van der Waals surface area (Å²) >= 11 is 1.30. The lowest BCUT2D eigenvalue weighted by molar-refractivity contribution is -0.385. The summed E-state index contributed by atoms with van der Waals surface area (Å²) in [4.78, 5) is 30.0. The van der Waals surface area contributed by atoms with Crippen LogP contribution in [0.2, 0.25) is 0 Å². The fraction of sp³-hybridized carbons (Fsp3) is 0.500. The molecule has 21 heavy (non-hydrogen) atoms. The summed E-state index contributed by atoms with van der Waals surface area (Å²) in [6.45, 7) is 3.30. The molecule has 0 aliphatic carbocycles. The van der Waals surface area contributed by atoms with Gasteiger partial charge in [-0.15, -0.1) is 12.4 Å². The Balaban J connectivity index is 0.00000220. The maximum Gasteiger partial charge on any atom is 0.287 e. The number of hydrogen-bond acceptors (Lipinski definition) is 6. The Bertz CT molecular complexity index is 492. The third kappa shape index (κ3) is 5.14. The van der Waals surface area contributed by atoms with E-state index in [1.54, 1.807) is 6.07 Å². The van der Waals surface area contributed by atoms with Crippen molar-refractivity contribution in [2.45, 2.75) is 5.03 Å². The van der Waals surface area contributed by atoms with Crippen molar-refractivity contribution in [3.8, 4) is 0 Å². The van der Waals surface area contributed by atoms with Gasteiger partial charge in [0.2, 0.25) is 5.91 Å². The predicted octanol–water partition coefficient (Wildman–Crippen LogP) is 1.28. The average molecular weight is 333 g/mol. The first-order valence-electron chi connectivity index (χ1n) is 6.26. The molecule has 116 valence electrons. The van der Waals surface area contributed by atoms with Crippen LogP contribution in [0.4, 0.5) is 5.69 Å². The Hall–Kier alpha value is -1.38. The number of hydrogen-bond donors (Lipinski definition) is 0. The Kier molecular flexibility index (Phi) is 6.86. The fourth-order valence-electron chi connectivity index (χ4n) is 1.85. The van der Waals surface area contributed by atoms with Gasteiger partial charge in [0, 0.05) is 32.2 Å². The van der Waals surface area contributed by atoms with Gasteiger partial charge in [-0.05, 0) is 13.1 Å². The van der Waals surface area contributed by atoms with E-state index in [2.05, 4.69) is 9.88 Å². The van der Waals surface area contributed by atoms with Gasteiger partial charge in [-0.2, -0.15) is 0 Å². The van der Waals surface area contributed by atoms with Crippen molar-refractivity contribution in [3.05, 3.63) is 28.4 Å². The van der Waals surface area contributed by atoms with E-state index in [-0.39, 0.29) is 24.0 Å². The maximum atomic E-state index is 12.0. The molecule has 1 fully saturated rings. The lowest BCUT2D eigenvalue weighted by Gasteiger charge is -2.32. The van der Waals surface area contributed by atoms with Crippen molar-refractivity contribution >= 4 is 35.8 Å². The number of likely N-dealkylation sites (N-methyl/N-ethyl adjacent to an activating group) is 1. The molecule has 2 heterocycles. The molecule has 0 unspecified atom stereocenters. The van der Waals surface area contributed by atoms with Crippen LogP contribution < -0.4 is 0 Å². The number of aromatic nitrogens is 1. The van der Waals surface area contributed by atoms with Crippen LogP contribution in [-0.4, -0.2) is 64.6 Å². The molecule has 1 saturated heterocycles. The van der Waals surface area contributed by atoms with E-state index in [9.17, 15) is 14.9 Å². The van der Waals surface area contributed by atoms with Gasteiger partial charge in [-0.1, -0.05) is 11.8 Å². The maximum absolute atomic E-state index is 12.0. The zero-order chi connectivity index (χ0) is 14.5. The Morgan fingerprint density at radius 3 is 2.57 bits per heavy atom. The molecule has 0 atom stereocenters. The number of thioether (sulfide) groups is 1. The molecule has 0 bridgehead atoms. The highest BCUT2D eigenvalue weighted by molar-refractivity contribution is 7.99. The van der Waals surface area contributed by atoms with Crippen LogP contribution in [0.15, 0.2) is 23.4 Å². The number of rotatable bonds is 4. The number of halogens is 1. The van der Waals surface area contributed by atoms with Crippen LogP contribution in [0.25, 0.3) is 0 Å². The highest BCUT2D eigenvalue weighted by Crippen LogP contribution is 2.18. The molecule has 1 aliphatic heterocycles. The first-order valence-corrected chi connectivity index (χ1v) is 7.24. The van der Waals surface area contributed by atoms with E-state index < -0.39 is 4.92 Å². The Morgan fingerprint density at radius 2 is 2.05 bits per heavy atom. The first-order chi connectivity index (χ1) is 9.56. The third-order valence-electron chi connectivity index (χ3n) is 3.13. The zero-order valence-corrected chi connectivity index (χ0v) is 13.2. The summed E-state index contributed by atoms with van der Waals surface area (Å²) in [5.74, 6) is 0.400. The zero-order valence-electron chi connectivity index (χ0n) is 11.6. The molecule has 0 spiro atoms. The molecule has 9 heteroatoms. The molecule has 0 N–H and O–H groups in total. The second-order valence-corrected chi connectivity index (χ2v) is 5.58. The lowest BCUT2D eigenvalue weighted by Crippen LogP contribution is -2.47. The number of carbonyl (C=O) groups excluding carboxylic acids is 1. The lowest BCUT2D eigenvalue weighted by atomic mass is 10.3. The summed E-state index contributed by atoms with van der Waals surface area (Å²) in [5, 5.41) is 11.1. The molecule has 1 aromatic heterocycles. The summed E-state index contributed by atoms with van der Waals surface area (Å²) in [7, 11) is 2.04. The molecule has 2 rings (SSSR count). The normalized spacial score (nSPS) is 15.4. The number of piperazine rings is 1. The van der Waals surface area contributed by atoms with E-state index in [0.29, 0.717) is 10.8 Å². The molecule has 1 aliphatic rings. The average Bonchev–Trinajstić information content (AvgIpc) is 2.46. The van der Waals surface area contributed by atoms with Crippen molar-refractivity contribution < 1.29 is 9.72 Å². The van der Waals surface area contributed by atoms with Gasteiger partial charge in [0.25, 0.3) is 5.69 Å². The van der Waals surface area contributed by atoms with E-state index >= 15 is 0 Å². The van der Waals surface area contributed by atoms with Crippen LogP contribution in [-0.2, 0) is 4.79 Å². The SMILES string of the molecule is CN1CCN(C(=O)CSc2ccc([N+](=O)[O-])cn2)CC1.Cl. The third-order valence-corrected chi connectivity index (χ3v) is 4.06. The minimum absolute atomic E-state index is 0. The summed E-state index contributed by atoms with van der Waals surface area (Å²) in [5.41, 5.74) is -0.0419. The number of nitrogens with zero attached hydrogens (tertiary/aromatic N) is 4. The number of carbonyl (C=O) groups is 1. The predicted molar refractivity (Wildman–Crippen MR) is 82.9 cm³/mol. The fourth-order valence-corrected chi connectivity index (χ4v) is 2.59. The van der Waals surface area contributed by atoms with Gasteiger partial charge >= 0.3 is 0 Å². The van der Waals surface area contributed by atoms with Gasteiger partial charge in [0.1, 0.15) is 6.20 Å². The first kappa shape index (κ1) is 17.7. The minimum Gasteiger partial charge on any atom is -0.339 e. The van der Waals surface area contributed by atoms with Crippen LogP contribution in [0.3, 0.4) is 0 Å². The number of pyridine rings is 1. The molecule has 0 aromatic carbocycles. The van der Waals surface area contributed by atoms with Crippen LogP contribution in [0.5, 0.6) is 0 Å². The van der Waals surface area contributed by atoms with Gasteiger partial charge in [0.15, 0.2) is 0 Å². The summed E-state index contributed by atoms with van der Waals surface area (Å²) in [6, 6.07) is 2.97. The Labute approximate surface area is 133 Å². The van der Waals surface area contributed by atoms with Gasteiger partial charge in [-0.3, -0.25) is 14.9 Å². The molecule has 7 nitrogen and oxygen atoms in total. The summed E-state index contributed by atoms with van der Waals surface area (Å²) < 4.78 is 0. The van der Waals surface area contributed by atoms with Crippen molar-refractivity contribution in [1.29, 1.82) is 0 Å².